The monoisotopic (exact) mass is 515 g/mol. The van der Waals surface area contributed by atoms with Gasteiger partial charge in [0.1, 0.15) is 11.9 Å². The van der Waals surface area contributed by atoms with Crippen molar-refractivity contribution >= 4 is 21.8 Å². The number of nitrogens with one attached hydrogen (secondary N) is 2. The molecule has 1 heterocycles. The molecule has 12 heteroatoms. The SMILES string of the molecule is CC(=O)NC(Cc1ccc(F)cc1)C(=O)NC1CCN(S(=O)(=O)c2ccc(C(F)(F)F)cc2)CC1. The molecule has 1 aliphatic rings. The third-order valence-corrected chi connectivity index (χ3v) is 7.58. The summed E-state index contributed by atoms with van der Waals surface area (Å²) >= 11 is 0. The van der Waals surface area contributed by atoms with Crippen LogP contribution in [0.5, 0.6) is 0 Å². The summed E-state index contributed by atoms with van der Waals surface area (Å²) < 4.78 is 78.2. The maximum atomic E-state index is 13.1. The minimum absolute atomic E-state index is 0.0665. The number of carbonyl (C=O) groups excluding carboxylic acids is 2. The molecule has 3 rings (SSSR count). The number of carbonyl (C=O) groups is 2. The zero-order valence-corrected chi connectivity index (χ0v) is 19.6. The number of amides is 2. The van der Waals surface area contributed by atoms with Crippen LogP contribution in [0.3, 0.4) is 0 Å². The molecule has 0 radical (unpaired) electrons. The molecule has 2 aromatic rings. The van der Waals surface area contributed by atoms with Gasteiger partial charge in [-0.3, -0.25) is 9.59 Å². The highest BCUT2D eigenvalue weighted by molar-refractivity contribution is 7.89. The molecule has 190 valence electrons. The van der Waals surface area contributed by atoms with Gasteiger partial charge in [0.2, 0.25) is 21.8 Å². The van der Waals surface area contributed by atoms with Crippen molar-refractivity contribution < 1.29 is 35.6 Å². The molecule has 35 heavy (non-hydrogen) atoms. The van der Waals surface area contributed by atoms with Crippen molar-refractivity contribution in [1.82, 2.24) is 14.9 Å². The van der Waals surface area contributed by atoms with Crippen LogP contribution >= 0.6 is 0 Å². The van der Waals surface area contributed by atoms with E-state index in [1.807, 2.05) is 0 Å². The predicted molar refractivity (Wildman–Crippen MR) is 119 cm³/mol. The second kappa shape index (κ2) is 10.7. The van der Waals surface area contributed by atoms with Gasteiger partial charge in [0, 0.05) is 32.5 Å². The summed E-state index contributed by atoms with van der Waals surface area (Å²) in [6.45, 7) is 1.41. The number of nitrogens with zero attached hydrogens (tertiary/aromatic N) is 1. The summed E-state index contributed by atoms with van der Waals surface area (Å²) in [4.78, 5) is 24.1. The van der Waals surface area contributed by atoms with Gasteiger partial charge < -0.3 is 10.6 Å². The molecule has 1 atom stereocenters. The van der Waals surface area contributed by atoms with Crippen LogP contribution in [0.4, 0.5) is 17.6 Å². The van der Waals surface area contributed by atoms with Gasteiger partial charge in [0.05, 0.1) is 10.5 Å². The molecule has 0 spiro atoms. The highest BCUT2D eigenvalue weighted by atomic mass is 32.2. The molecule has 1 aliphatic heterocycles. The Hall–Kier alpha value is -2.99. The van der Waals surface area contributed by atoms with Crippen LogP contribution in [-0.4, -0.2) is 49.7 Å². The molecule has 0 bridgehead atoms. The van der Waals surface area contributed by atoms with Crippen LogP contribution in [0.1, 0.15) is 30.9 Å². The quantitative estimate of drug-likeness (QED) is 0.555. The van der Waals surface area contributed by atoms with E-state index in [0.29, 0.717) is 5.56 Å². The van der Waals surface area contributed by atoms with Crippen molar-refractivity contribution in [2.24, 2.45) is 0 Å². The van der Waals surface area contributed by atoms with Gasteiger partial charge in [-0.1, -0.05) is 12.1 Å². The van der Waals surface area contributed by atoms with Crippen molar-refractivity contribution in [2.45, 2.75) is 49.3 Å². The van der Waals surface area contributed by atoms with E-state index in [0.717, 1.165) is 24.3 Å². The Labute approximate surface area is 200 Å². The van der Waals surface area contributed by atoms with Crippen LogP contribution < -0.4 is 10.6 Å². The molecule has 1 unspecified atom stereocenters. The number of piperidine rings is 1. The first kappa shape index (κ1) is 26.6. The largest absolute Gasteiger partial charge is 0.416 e. The minimum atomic E-state index is -4.56. The fourth-order valence-corrected chi connectivity index (χ4v) is 5.29. The third-order valence-electron chi connectivity index (χ3n) is 5.67. The zero-order valence-electron chi connectivity index (χ0n) is 18.8. The molecular weight excluding hydrogens is 490 g/mol. The Morgan fingerprint density at radius 3 is 2.11 bits per heavy atom. The van der Waals surface area contributed by atoms with Crippen molar-refractivity contribution in [3.05, 3.63) is 65.5 Å². The van der Waals surface area contributed by atoms with E-state index in [9.17, 15) is 35.6 Å². The highest BCUT2D eigenvalue weighted by Gasteiger charge is 2.33. The first-order valence-corrected chi connectivity index (χ1v) is 12.3. The summed E-state index contributed by atoms with van der Waals surface area (Å²) in [5.41, 5.74) is -0.287. The lowest BCUT2D eigenvalue weighted by Crippen LogP contribution is -2.53. The highest BCUT2D eigenvalue weighted by Crippen LogP contribution is 2.30. The number of halogens is 4. The molecule has 0 aromatic heterocycles. The van der Waals surface area contributed by atoms with Gasteiger partial charge in [-0.05, 0) is 54.8 Å². The maximum absolute atomic E-state index is 13.1. The second-order valence-electron chi connectivity index (χ2n) is 8.29. The summed E-state index contributed by atoms with van der Waals surface area (Å²) in [5.74, 6) is -1.29. The van der Waals surface area contributed by atoms with E-state index in [2.05, 4.69) is 10.6 Å². The van der Waals surface area contributed by atoms with Gasteiger partial charge >= 0.3 is 6.18 Å². The van der Waals surface area contributed by atoms with Crippen molar-refractivity contribution in [3.63, 3.8) is 0 Å². The van der Waals surface area contributed by atoms with Crippen molar-refractivity contribution in [2.75, 3.05) is 13.1 Å². The average molecular weight is 516 g/mol. The van der Waals surface area contributed by atoms with E-state index in [1.165, 1.54) is 35.5 Å². The minimum Gasteiger partial charge on any atom is -0.351 e. The lowest BCUT2D eigenvalue weighted by Gasteiger charge is -2.32. The standard InChI is InChI=1S/C23H25F4N3O4S/c1-15(31)28-21(14-16-2-6-18(24)7-3-16)22(32)29-19-10-12-30(13-11-19)35(33,34)20-8-4-17(5-9-20)23(25,26)27/h2-9,19,21H,10-14H2,1H3,(H,28,31)(H,29,32). The first-order valence-electron chi connectivity index (χ1n) is 10.9. The Morgan fingerprint density at radius 1 is 1.03 bits per heavy atom. The molecule has 7 nitrogen and oxygen atoms in total. The Bertz CT molecular complexity index is 1140. The molecule has 0 aliphatic carbocycles. The predicted octanol–water partition coefficient (Wildman–Crippen LogP) is 2.86. The lowest BCUT2D eigenvalue weighted by molar-refractivity contribution is -0.137. The summed E-state index contributed by atoms with van der Waals surface area (Å²) in [6.07, 6.45) is -3.85. The van der Waals surface area contributed by atoms with Crippen LogP contribution in [0.15, 0.2) is 53.4 Å². The van der Waals surface area contributed by atoms with Gasteiger partial charge in [0.15, 0.2) is 0 Å². The van der Waals surface area contributed by atoms with Crippen LogP contribution in [0, 0.1) is 5.82 Å². The lowest BCUT2D eigenvalue weighted by atomic mass is 10.0. The smallest absolute Gasteiger partial charge is 0.351 e. The van der Waals surface area contributed by atoms with E-state index < -0.39 is 45.4 Å². The average Bonchev–Trinajstić information content (AvgIpc) is 2.79. The van der Waals surface area contributed by atoms with E-state index >= 15 is 0 Å². The summed E-state index contributed by atoms with van der Waals surface area (Å²) in [5, 5.41) is 5.39. The molecule has 2 amide bonds. The Morgan fingerprint density at radius 2 is 1.60 bits per heavy atom. The van der Waals surface area contributed by atoms with E-state index in [4.69, 9.17) is 0 Å². The Kier molecular flexibility index (Phi) is 8.16. The molecule has 1 fully saturated rings. The summed E-state index contributed by atoms with van der Waals surface area (Å²) in [6, 6.07) is 7.60. The molecule has 2 aromatic carbocycles. The van der Waals surface area contributed by atoms with Crippen molar-refractivity contribution in [1.29, 1.82) is 0 Å². The van der Waals surface area contributed by atoms with Gasteiger partial charge in [-0.15, -0.1) is 0 Å². The number of benzene rings is 2. The zero-order chi connectivity index (χ0) is 25.8. The van der Waals surface area contributed by atoms with Crippen LogP contribution in [-0.2, 0) is 32.2 Å². The Balaban J connectivity index is 1.60. The fraction of sp³-hybridized carbons (Fsp3) is 0.391. The molecule has 1 saturated heterocycles. The maximum Gasteiger partial charge on any atom is 0.416 e. The van der Waals surface area contributed by atoms with Crippen LogP contribution in [0.2, 0.25) is 0 Å². The van der Waals surface area contributed by atoms with E-state index in [-0.39, 0.29) is 43.3 Å². The van der Waals surface area contributed by atoms with E-state index in [1.54, 1.807) is 0 Å². The van der Waals surface area contributed by atoms with Crippen LogP contribution in [0.25, 0.3) is 0 Å². The number of hydrogen-bond acceptors (Lipinski definition) is 4. The normalized spacial score (nSPS) is 16.5. The number of alkyl halides is 3. The van der Waals surface area contributed by atoms with Gasteiger partial charge in [0.25, 0.3) is 0 Å². The topological polar surface area (TPSA) is 95.6 Å². The van der Waals surface area contributed by atoms with Crippen molar-refractivity contribution in [3.8, 4) is 0 Å². The third kappa shape index (κ3) is 7.01. The molecular formula is C23H25F4N3O4S. The number of sulfonamides is 1. The van der Waals surface area contributed by atoms with Gasteiger partial charge in [-0.2, -0.15) is 17.5 Å². The van der Waals surface area contributed by atoms with Gasteiger partial charge in [-0.25, -0.2) is 12.8 Å². The number of rotatable bonds is 7. The second-order valence-corrected chi connectivity index (χ2v) is 10.2. The molecule has 2 N–H and O–H groups in total. The number of hydrogen-bond donors (Lipinski definition) is 2. The molecule has 0 saturated carbocycles. The fourth-order valence-electron chi connectivity index (χ4n) is 3.82. The first-order chi connectivity index (χ1) is 16.4. The summed E-state index contributed by atoms with van der Waals surface area (Å²) in [7, 11) is -3.99.